The maximum Gasteiger partial charge on any atom is 0.417 e. The highest BCUT2D eigenvalue weighted by molar-refractivity contribution is 5.85. The van der Waals surface area contributed by atoms with Crippen LogP contribution in [0.5, 0.6) is 0 Å². The van der Waals surface area contributed by atoms with Gasteiger partial charge in [0.2, 0.25) is 5.82 Å². The van der Waals surface area contributed by atoms with E-state index in [1.165, 1.54) is 6.07 Å². The maximum absolute atomic E-state index is 13.9. The van der Waals surface area contributed by atoms with Gasteiger partial charge in [0, 0.05) is 17.2 Å². The number of aryl methyl sites for hydroxylation is 1. The van der Waals surface area contributed by atoms with Gasteiger partial charge in [0.05, 0.1) is 5.56 Å². The molecule has 0 aliphatic carbocycles. The molecule has 1 aromatic heterocycles. The molecule has 1 heterocycles. The van der Waals surface area contributed by atoms with Gasteiger partial charge in [-0.1, -0.05) is 59.8 Å². The Hall–Kier alpha value is -3.16. The summed E-state index contributed by atoms with van der Waals surface area (Å²) in [6.07, 6.45) is -4.54. The summed E-state index contributed by atoms with van der Waals surface area (Å²) in [4.78, 5) is 4.29. The van der Waals surface area contributed by atoms with Gasteiger partial charge in [-0.25, -0.2) is 0 Å². The Labute approximate surface area is 189 Å². The first-order valence-electron chi connectivity index (χ1n) is 9.71. The van der Waals surface area contributed by atoms with Crippen molar-refractivity contribution in [3.63, 3.8) is 0 Å². The number of alkyl halides is 3. The molecule has 0 aliphatic rings. The lowest BCUT2D eigenvalue weighted by Gasteiger charge is -2.15. The van der Waals surface area contributed by atoms with Gasteiger partial charge in [0.25, 0.3) is 5.89 Å². The Morgan fingerprint density at radius 3 is 2.19 bits per heavy atom. The minimum absolute atomic E-state index is 0. The SMILES string of the molecule is Cc1ccccc1-c1ccc(-c2nc(-c3ccc(C(C)N)cc3)no2)cc1C(F)(F)F.Cl. The smallest absolute Gasteiger partial charge is 0.334 e. The Balaban J connectivity index is 0.00000289. The quantitative estimate of drug-likeness (QED) is 0.363. The molecule has 3 aromatic carbocycles. The van der Waals surface area contributed by atoms with Crippen molar-refractivity contribution in [1.82, 2.24) is 10.1 Å². The van der Waals surface area contributed by atoms with Crippen molar-refractivity contribution < 1.29 is 17.7 Å². The van der Waals surface area contributed by atoms with Crippen LogP contribution in [-0.2, 0) is 6.18 Å². The highest BCUT2D eigenvalue weighted by Gasteiger charge is 2.34. The minimum Gasteiger partial charge on any atom is -0.334 e. The molecule has 0 fully saturated rings. The lowest BCUT2D eigenvalue weighted by molar-refractivity contribution is -0.137. The van der Waals surface area contributed by atoms with Crippen molar-refractivity contribution >= 4 is 12.4 Å². The summed E-state index contributed by atoms with van der Waals surface area (Å²) >= 11 is 0. The monoisotopic (exact) mass is 459 g/mol. The van der Waals surface area contributed by atoms with Gasteiger partial charge in [-0.3, -0.25) is 0 Å². The predicted octanol–water partition coefficient (Wildman–Crippen LogP) is 6.84. The topological polar surface area (TPSA) is 64.9 Å². The van der Waals surface area contributed by atoms with Gasteiger partial charge in [-0.2, -0.15) is 18.2 Å². The Morgan fingerprint density at radius 1 is 0.906 bits per heavy atom. The van der Waals surface area contributed by atoms with E-state index in [1.54, 1.807) is 49.4 Å². The van der Waals surface area contributed by atoms with E-state index in [9.17, 15) is 13.2 Å². The molecule has 32 heavy (non-hydrogen) atoms. The third-order valence-corrected chi connectivity index (χ3v) is 5.13. The highest BCUT2D eigenvalue weighted by atomic mass is 35.5. The van der Waals surface area contributed by atoms with Crippen LogP contribution in [0.2, 0.25) is 0 Å². The number of nitrogens with two attached hydrogens (primary N) is 1. The van der Waals surface area contributed by atoms with E-state index in [4.69, 9.17) is 10.3 Å². The lowest BCUT2D eigenvalue weighted by Crippen LogP contribution is -2.08. The first-order chi connectivity index (χ1) is 14.7. The number of rotatable bonds is 4. The van der Waals surface area contributed by atoms with Gasteiger partial charge < -0.3 is 10.3 Å². The number of benzene rings is 3. The summed E-state index contributed by atoms with van der Waals surface area (Å²) in [5.41, 5.74) is 8.35. The fraction of sp³-hybridized carbons (Fsp3) is 0.167. The molecule has 0 saturated heterocycles. The average Bonchev–Trinajstić information content (AvgIpc) is 3.23. The van der Waals surface area contributed by atoms with Gasteiger partial charge in [-0.15, -0.1) is 12.4 Å². The fourth-order valence-electron chi connectivity index (χ4n) is 3.42. The summed E-state index contributed by atoms with van der Waals surface area (Å²) in [6, 6.07) is 18.2. The van der Waals surface area contributed by atoms with Crippen LogP contribution in [0.4, 0.5) is 13.2 Å². The summed E-state index contributed by atoms with van der Waals surface area (Å²) in [7, 11) is 0. The molecule has 1 atom stereocenters. The molecule has 0 saturated carbocycles. The second-order valence-corrected chi connectivity index (χ2v) is 7.41. The number of aromatic nitrogens is 2. The van der Waals surface area contributed by atoms with Crippen molar-refractivity contribution in [3.05, 3.63) is 83.4 Å². The van der Waals surface area contributed by atoms with E-state index in [0.29, 0.717) is 17.0 Å². The molecule has 4 aromatic rings. The van der Waals surface area contributed by atoms with Crippen LogP contribution < -0.4 is 5.73 Å². The van der Waals surface area contributed by atoms with E-state index in [2.05, 4.69) is 10.1 Å². The highest BCUT2D eigenvalue weighted by Crippen LogP contribution is 2.40. The normalized spacial score (nSPS) is 12.3. The predicted molar refractivity (Wildman–Crippen MR) is 120 cm³/mol. The van der Waals surface area contributed by atoms with E-state index in [-0.39, 0.29) is 35.5 Å². The van der Waals surface area contributed by atoms with Crippen LogP contribution >= 0.6 is 12.4 Å². The summed E-state index contributed by atoms with van der Waals surface area (Å²) in [5.74, 6) is 0.316. The molecular formula is C24H21ClF3N3O. The fourth-order valence-corrected chi connectivity index (χ4v) is 3.42. The number of hydrogen-bond donors (Lipinski definition) is 1. The molecule has 1 unspecified atom stereocenters. The molecule has 0 spiro atoms. The molecule has 0 aliphatic heterocycles. The van der Waals surface area contributed by atoms with Crippen molar-refractivity contribution in [3.8, 4) is 34.0 Å². The van der Waals surface area contributed by atoms with Crippen LogP contribution in [0.25, 0.3) is 34.0 Å². The first-order valence-corrected chi connectivity index (χ1v) is 9.71. The zero-order chi connectivity index (χ0) is 22.2. The van der Waals surface area contributed by atoms with E-state index in [1.807, 2.05) is 19.1 Å². The molecule has 8 heteroatoms. The second-order valence-electron chi connectivity index (χ2n) is 7.41. The molecule has 4 nitrogen and oxygen atoms in total. The van der Waals surface area contributed by atoms with Crippen molar-refractivity contribution in [1.29, 1.82) is 0 Å². The Bertz CT molecular complexity index is 1220. The van der Waals surface area contributed by atoms with Crippen LogP contribution in [-0.4, -0.2) is 10.1 Å². The van der Waals surface area contributed by atoms with Crippen LogP contribution in [0, 0.1) is 6.92 Å². The van der Waals surface area contributed by atoms with Crippen molar-refractivity contribution in [2.24, 2.45) is 5.73 Å². The van der Waals surface area contributed by atoms with Crippen LogP contribution in [0.15, 0.2) is 71.3 Å². The van der Waals surface area contributed by atoms with Crippen molar-refractivity contribution in [2.45, 2.75) is 26.1 Å². The number of halogens is 4. The summed E-state index contributed by atoms with van der Waals surface area (Å²) in [5, 5.41) is 3.93. The first kappa shape index (κ1) is 23.5. The summed E-state index contributed by atoms with van der Waals surface area (Å²) < 4.78 is 46.8. The molecule has 0 amide bonds. The van der Waals surface area contributed by atoms with Gasteiger partial charge >= 0.3 is 6.18 Å². The van der Waals surface area contributed by atoms with E-state index < -0.39 is 11.7 Å². The second kappa shape index (κ2) is 9.14. The molecular weight excluding hydrogens is 439 g/mol. The van der Waals surface area contributed by atoms with E-state index >= 15 is 0 Å². The molecule has 0 bridgehead atoms. The molecule has 2 N–H and O–H groups in total. The third-order valence-electron chi connectivity index (χ3n) is 5.13. The maximum atomic E-state index is 13.9. The van der Waals surface area contributed by atoms with Gasteiger partial charge in [-0.05, 0) is 48.2 Å². The van der Waals surface area contributed by atoms with Crippen LogP contribution in [0.3, 0.4) is 0 Å². The zero-order valence-electron chi connectivity index (χ0n) is 17.4. The van der Waals surface area contributed by atoms with E-state index in [0.717, 1.165) is 17.2 Å². The molecule has 166 valence electrons. The minimum atomic E-state index is -4.54. The van der Waals surface area contributed by atoms with Crippen molar-refractivity contribution in [2.75, 3.05) is 0 Å². The lowest BCUT2D eigenvalue weighted by atomic mass is 9.94. The number of hydrogen-bond acceptors (Lipinski definition) is 4. The zero-order valence-corrected chi connectivity index (χ0v) is 18.2. The van der Waals surface area contributed by atoms with Gasteiger partial charge in [0.1, 0.15) is 0 Å². The van der Waals surface area contributed by atoms with Gasteiger partial charge in [0.15, 0.2) is 0 Å². The molecule has 0 radical (unpaired) electrons. The standard InChI is InChI=1S/C24H20F3N3O.ClH/c1-14-5-3-4-6-19(14)20-12-11-18(13-21(20)24(25,26)27)23-29-22(30-31-23)17-9-7-16(8-10-17)15(2)28;/h3-13,15H,28H2,1-2H3;1H. The Kier molecular flexibility index (Phi) is 6.71. The molecule has 4 rings (SSSR count). The largest absolute Gasteiger partial charge is 0.417 e. The summed E-state index contributed by atoms with van der Waals surface area (Å²) in [6.45, 7) is 3.66. The van der Waals surface area contributed by atoms with Crippen LogP contribution in [0.1, 0.15) is 29.7 Å². The third kappa shape index (κ3) is 4.69. The Morgan fingerprint density at radius 2 is 1.56 bits per heavy atom. The average molecular weight is 460 g/mol. The number of nitrogens with zero attached hydrogens (tertiary/aromatic N) is 2.